The van der Waals surface area contributed by atoms with Gasteiger partial charge in [0.2, 0.25) is 10.0 Å². The van der Waals surface area contributed by atoms with E-state index in [0.29, 0.717) is 30.0 Å². The Balaban J connectivity index is 1.59. The molecule has 2 aromatic carbocycles. The molecule has 1 aliphatic heterocycles. The van der Waals surface area contributed by atoms with Crippen molar-refractivity contribution in [1.29, 1.82) is 0 Å². The maximum atomic E-state index is 13.4. The Labute approximate surface area is 170 Å². The van der Waals surface area contributed by atoms with Crippen LogP contribution in [0.2, 0.25) is 0 Å². The van der Waals surface area contributed by atoms with Crippen LogP contribution in [0.25, 0.3) is 0 Å². The fraction of sp³-hybridized carbons (Fsp3) is 0.381. The molecular formula is C21H24FNO5S. The predicted octanol–water partition coefficient (Wildman–Crippen LogP) is 3.29. The highest BCUT2D eigenvalue weighted by molar-refractivity contribution is 7.89. The number of esters is 1. The second-order valence-electron chi connectivity index (χ2n) is 6.90. The van der Waals surface area contributed by atoms with E-state index >= 15 is 0 Å². The lowest BCUT2D eigenvalue weighted by Crippen LogP contribution is -2.35. The monoisotopic (exact) mass is 421 g/mol. The number of hydrogen-bond acceptors (Lipinski definition) is 5. The predicted molar refractivity (Wildman–Crippen MR) is 106 cm³/mol. The molecule has 156 valence electrons. The van der Waals surface area contributed by atoms with Crippen molar-refractivity contribution < 1.29 is 27.1 Å². The molecule has 0 aromatic heterocycles. The second-order valence-corrected chi connectivity index (χ2v) is 8.84. The smallest absolute Gasteiger partial charge is 0.310 e. The molecule has 3 rings (SSSR count). The summed E-state index contributed by atoms with van der Waals surface area (Å²) in [5.74, 6) is -0.503. The van der Waals surface area contributed by atoms with Crippen molar-refractivity contribution in [2.45, 2.75) is 37.2 Å². The van der Waals surface area contributed by atoms with Crippen LogP contribution in [0.4, 0.5) is 4.39 Å². The zero-order valence-corrected chi connectivity index (χ0v) is 17.1. The molecule has 0 N–H and O–H groups in total. The number of ether oxygens (including phenoxy) is 2. The zero-order valence-electron chi connectivity index (χ0n) is 16.3. The van der Waals surface area contributed by atoms with Crippen molar-refractivity contribution in [3.63, 3.8) is 0 Å². The quantitative estimate of drug-likeness (QED) is 0.642. The van der Waals surface area contributed by atoms with Crippen molar-refractivity contribution in [3.05, 3.63) is 59.4 Å². The highest BCUT2D eigenvalue weighted by atomic mass is 32.2. The van der Waals surface area contributed by atoms with Crippen LogP contribution in [-0.2, 0) is 32.6 Å². The average molecular weight is 421 g/mol. The van der Waals surface area contributed by atoms with Crippen LogP contribution in [0.3, 0.4) is 0 Å². The number of carbonyl (C=O) groups excluding carboxylic acids is 1. The molecule has 1 fully saturated rings. The van der Waals surface area contributed by atoms with E-state index in [-0.39, 0.29) is 17.9 Å². The third kappa shape index (κ3) is 5.33. The highest BCUT2D eigenvalue weighted by Crippen LogP contribution is 2.22. The Hall–Kier alpha value is -2.45. The number of benzene rings is 2. The van der Waals surface area contributed by atoms with Crippen LogP contribution in [-0.4, -0.2) is 38.9 Å². The van der Waals surface area contributed by atoms with Crippen LogP contribution in [0.1, 0.15) is 30.4 Å². The van der Waals surface area contributed by atoms with E-state index in [1.807, 2.05) is 0 Å². The Morgan fingerprint density at radius 1 is 1.07 bits per heavy atom. The van der Waals surface area contributed by atoms with Gasteiger partial charge in [0.1, 0.15) is 18.2 Å². The molecule has 2 aromatic rings. The first-order valence-corrected chi connectivity index (χ1v) is 10.9. The van der Waals surface area contributed by atoms with E-state index in [9.17, 15) is 17.6 Å². The number of nitrogens with zero attached hydrogens (tertiary/aromatic N) is 1. The van der Waals surface area contributed by atoms with Crippen LogP contribution < -0.4 is 4.74 Å². The van der Waals surface area contributed by atoms with Crippen molar-refractivity contribution >= 4 is 16.0 Å². The van der Waals surface area contributed by atoms with Gasteiger partial charge in [-0.15, -0.1) is 0 Å². The fourth-order valence-electron chi connectivity index (χ4n) is 3.27. The van der Waals surface area contributed by atoms with Gasteiger partial charge in [-0.2, -0.15) is 4.31 Å². The topological polar surface area (TPSA) is 72.9 Å². The minimum Gasteiger partial charge on any atom is -0.496 e. The molecule has 1 aliphatic rings. The Kier molecular flexibility index (Phi) is 6.87. The molecule has 6 nitrogen and oxygen atoms in total. The molecule has 0 amide bonds. The van der Waals surface area contributed by atoms with Gasteiger partial charge in [-0.25, -0.2) is 12.8 Å². The lowest BCUT2D eigenvalue weighted by Gasteiger charge is -2.25. The molecule has 0 aliphatic carbocycles. The Bertz CT molecular complexity index is 954. The summed E-state index contributed by atoms with van der Waals surface area (Å²) < 4.78 is 50.5. The Morgan fingerprint density at radius 3 is 2.41 bits per heavy atom. The minimum absolute atomic E-state index is 0.0122. The van der Waals surface area contributed by atoms with Gasteiger partial charge < -0.3 is 9.47 Å². The molecule has 29 heavy (non-hydrogen) atoms. The summed E-state index contributed by atoms with van der Waals surface area (Å²) in [5, 5.41) is 0. The van der Waals surface area contributed by atoms with E-state index in [1.54, 1.807) is 12.1 Å². The summed E-state index contributed by atoms with van der Waals surface area (Å²) >= 11 is 0. The van der Waals surface area contributed by atoms with Crippen molar-refractivity contribution in [2.75, 3.05) is 20.2 Å². The summed E-state index contributed by atoms with van der Waals surface area (Å²) in [6.45, 7) is 0.973. The molecule has 1 saturated heterocycles. The summed E-state index contributed by atoms with van der Waals surface area (Å²) in [4.78, 5) is 12.3. The van der Waals surface area contributed by atoms with E-state index in [4.69, 9.17) is 9.47 Å². The van der Waals surface area contributed by atoms with Crippen LogP contribution >= 0.6 is 0 Å². The lowest BCUT2D eigenvalue weighted by molar-refractivity contribution is -0.144. The molecule has 8 heteroatoms. The molecule has 0 saturated carbocycles. The van der Waals surface area contributed by atoms with Crippen LogP contribution in [0.5, 0.6) is 5.75 Å². The van der Waals surface area contributed by atoms with Gasteiger partial charge in [-0.05, 0) is 48.7 Å². The molecule has 0 bridgehead atoms. The first-order chi connectivity index (χ1) is 13.9. The third-order valence-electron chi connectivity index (χ3n) is 4.86. The van der Waals surface area contributed by atoms with Gasteiger partial charge >= 0.3 is 5.97 Å². The maximum Gasteiger partial charge on any atom is 0.310 e. The first kappa shape index (κ1) is 21.3. The summed E-state index contributed by atoms with van der Waals surface area (Å²) in [5.41, 5.74) is 1.07. The fourth-order valence-corrected chi connectivity index (χ4v) is 4.79. The first-order valence-electron chi connectivity index (χ1n) is 9.47. The SMILES string of the molecule is COc1ccc(F)cc1COC(=O)Cc1ccc(S(=O)(=O)N2CCCCC2)cc1. The number of piperidine rings is 1. The lowest BCUT2D eigenvalue weighted by atomic mass is 10.1. The number of hydrogen-bond donors (Lipinski definition) is 0. The summed E-state index contributed by atoms with van der Waals surface area (Å²) in [6.07, 6.45) is 2.79. The van der Waals surface area contributed by atoms with Gasteiger partial charge in [-0.3, -0.25) is 4.79 Å². The van der Waals surface area contributed by atoms with Gasteiger partial charge in [0.25, 0.3) is 0 Å². The molecule has 0 atom stereocenters. The van der Waals surface area contributed by atoms with Gasteiger partial charge in [-0.1, -0.05) is 18.6 Å². The van der Waals surface area contributed by atoms with Gasteiger partial charge in [0, 0.05) is 18.7 Å². The molecule has 1 heterocycles. The van der Waals surface area contributed by atoms with E-state index < -0.39 is 21.8 Å². The van der Waals surface area contributed by atoms with Gasteiger partial charge in [0.15, 0.2) is 0 Å². The molecule has 0 unspecified atom stereocenters. The van der Waals surface area contributed by atoms with E-state index in [1.165, 1.54) is 41.7 Å². The molecular weight excluding hydrogens is 397 g/mol. The van der Waals surface area contributed by atoms with Crippen molar-refractivity contribution in [3.8, 4) is 5.75 Å². The number of rotatable bonds is 7. The maximum absolute atomic E-state index is 13.4. The normalized spacial score (nSPS) is 15.1. The molecule has 0 spiro atoms. The number of halogens is 1. The third-order valence-corrected chi connectivity index (χ3v) is 6.77. The Morgan fingerprint density at radius 2 is 1.76 bits per heavy atom. The van der Waals surface area contributed by atoms with Crippen molar-refractivity contribution in [1.82, 2.24) is 4.31 Å². The second kappa shape index (κ2) is 9.37. The number of carbonyl (C=O) groups is 1. The van der Waals surface area contributed by atoms with Gasteiger partial charge in [0.05, 0.1) is 18.4 Å². The standard InChI is InChI=1S/C21H24FNO5S/c1-27-20-10-7-18(22)14-17(20)15-28-21(24)13-16-5-8-19(9-6-16)29(25,26)23-11-3-2-4-12-23/h5-10,14H,2-4,11-13,15H2,1H3. The van der Waals surface area contributed by atoms with Crippen LogP contribution in [0, 0.1) is 5.82 Å². The van der Waals surface area contributed by atoms with Crippen LogP contribution in [0.15, 0.2) is 47.4 Å². The minimum atomic E-state index is -3.50. The molecule has 0 radical (unpaired) electrons. The largest absolute Gasteiger partial charge is 0.496 e. The van der Waals surface area contributed by atoms with E-state index in [0.717, 1.165) is 19.3 Å². The zero-order chi connectivity index (χ0) is 20.9. The highest BCUT2D eigenvalue weighted by Gasteiger charge is 2.25. The number of methoxy groups -OCH3 is 1. The summed E-state index contributed by atoms with van der Waals surface area (Å²) in [6, 6.07) is 10.3. The number of sulfonamides is 1. The average Bonchev–Trinajstić information content (AvgIpc) is 2.73. The van der Waals surface area contributed by atoms with E-state index in [2.05, 4.69) is 0 Å². The summed E-state index contributed by atoms with van der Waals surface area (Å²) in [7, 11) is -2.04. The van der Waals surface area contributed by atoms with Crippen molar-refractivity contribution in [2.24, 2.45) is 0 Å².